The van der Waals surface area contributed by atoms with E-state index in [1.807, 2.05) is 11.8 Å². The molecule has 1 heterocycles. The maximum Gasteiger partial charge on any atom is 0.227 e. The van der Waals surface area contributed by atoms with Crippen LogP contribution < -0.4 is 0 Å². The van der Waals surface area contributed by atoms with Crippen molar-refractivity contribution in [3.63, 3.8) is 0 Å². The average molecular weight is 353 g/mol. The number of likely N-dealkylation sites (tertiary alicyclic amines) is 1. The quantitative estimate of drug-likeness (QED) is 0.816. The fourth-order valence-corrected chi connectivity index (χ4v) is 3.51. The number of nitrogens with zero attached hydrogens (tertiary/aromatic N) is 2. The smallest absolute Gasteiger partial charge is 0.227 e. The van der Waals surface area contributed by atoms with E-state index in [9.17, 15) is 14.0 Å². The summed E-state index contributed by atoms with van der Waals surface area (Å²) in [6.45, 7) is 3.01. The van der Waals surface area contributed by atoms with Crippen molar-refractivity contribution < 1.29 is 14.0 Å². The van der Waals surface area contributed by atoms with Gasteiger partial charge < -0.3 is 9.80 Å². The first-order valence-electron chi connectivity index (χ1n) is 8.52. The van der Waals surface area contributed by atoms with E-state index in [1.165, 1.54) is 6.07 Å². The highest BCUT2D eigenvalue weighted by Crippen LogP contribution is 2.32. The first-order valence-corrected chi connectivity index (χ1v) is 8.90. The summed E-state index contributed by atoms with van der Waals surface area (Å²) in [5.41, 5.74) is 0.348. The second kappa shape index (κ2) is 7.09. The predicted molar refractivity (Wildman–Crippen MR) is 90.0 cm³/mol. The molecule has 2 fully saturated rings. The van der Waals surface area contributed by atoms with Gasteiger partial charge in [-0.25, -0.2) is 4.39 Å². The minimum absolute atomic E-state index is 0.0185. The molecule has 3 rings (SSSR count). The zero-order valence-electron chi connectivity index (χ0n) is 13.8. The fraction of sp³-hybridized carbons (Fsp3) is 0.556. The Morgan fingerprint density at radius 1 is 1.38 bits per heavy atom. The summed E-state index contributed by atoms with van der Waals surface area (Å²) >= 11 is 6.08. The van der Waals surface area contributed by atoms with Crippen LogP contribution in [0.4, 0.5) is 4.39 Å². The van der Waals surface area contributed by atoms with Crippen LogP contribution in [-0.2, 0) is 16.1 Å². The highest BCUT2D eigenvalue weighted by Gasteiger charge is 2.39. The Bertz CT molecular complexity index is 628. The van der Waals surface area contributed by atoms with Gasteiger partial charge >= 0.3 is 0 Å². The molecular formula is C18H22ClFN2O2. The van der Waals surface area contributed by atoms with E-state index in [4.69, 9.17) is 11.6 Å². The lowest BCUT2D eigenvalue weighted by atomic mass is 9.95. The van der Waals surface area contributed by atoms with Crippen LogP contribution in [0.1, 0.15) is 38.2 Å². The molecule has 0 spiro atoms. The molecular weight excluding hydrogens is 331 g/mol. The molecule has 130 valence electrons. The van der Waals surface area contributed by atoms with Crippen molar-refractivity contribution in [2.45, 2.75) is 45.2 Å². The van der Waals surface area contributed by atoms with E-state index in [-0.39, 0.29) is 24.3 Å². The number of carbonyl (C=O) groups excluding carboxylic acids is 2. The maximum absolute atomic E-state index is 14.0. The van der Waals surface area contributed by atoms with Crippen molar-refractivity contribution in [2.75, 3.05) is 13.1 Å². The highest BCUT2D eigenvalue weighted by atomic mass is 35.5. The number of halogens is 2. The van der Waals surface area contributed by atoms with Gasteiger partial charge in [-0.2, -0.15) is 0 Å². The average Bonchev–Trinajstić information content (AvgIpc) is 3.39. The summed E-state index contributed by atoms with van der Waals surface area (Å²) < 4.78 is 14.0. The normalized spacial score (nSPS) is 21.0. The van der Waals surface area contributed by atoms with Crippen molar-refractivity contribution >= 4 is 23.4 Å². The Labute approximate surface area is 146 Å². The van der Waals surface area contributed by atoms with Crippen LogP contribution in [0.2, 0.25) is 5.02 Å². The Morgan fingerprint density at radius 3 is 2.75 bits per heavy atom. The molecule has 1 aliphatic carbocycles. The monoisotopic (exact) mass is 352 g/mol. The van der Waals surface area contributed by atoms with Crippen LogP contribution in [0.25, 0.3) is 0 Å². The van der Waals surface area contributed by atoms with Crippen LogP contribution >= 0.6 is 11.6 Å². The molecule has 0 N–H and O–H groups in total. The van der Waals surface area contributed by atoms with Crippen LogP contribution in [-0.4, -0.2) is 40.7 Å². The van der Waals surface area contributed by atoms with E-state index in [0.29, 0.717) is 42.6 Å². The van der Waals surface area contributed by atoms with Crippen LogP contribution in [0.3, 0.4) is 0 Å². The third-order valence-electron chi connectivity index (χ3n) is 4.89. The molecule has 0 radical (unpaired) electrons. The zero-order chi connectivity index (χ0) is 17.3. The summed E-state index contributed by atoms with van der Waals surface area (Å²) in [6, 6.07) is 4.86. The number of amides is 2. The standard InChI is InChI=1S/C18H22ClFN2O2/c1-2-21(11-14-15(19)4-3-5-16(14)20)18(24)12-6-9-17(23)22(10-12)13-7-8-13/h3-5,12-13H,2,6-11H2,1H3/t12-/m1/s1. The first kappa shape index (κ1) is 17.2. The predicted octanol–water partition coefficient (Wildman–Crippen LogP) is 3.23. The molecule has 2 aliphatic rings. The molecule has 0 unspecified atom stereocenters. The molecule has 0 aromatic heterocycles. The number of hydrogen-bond acceptors (Lipinski definition) is 2. The summed E-state index contributed by atoms with van der Waals surface area (Å²) in [7, 11) is 0. The molecule has 1 atom stereocenters. The third kappa shape index (κ3) is 3.56. The topological polar surface area (TPSA) is 40.6 Å². The Kier molecular flexibility index (Phi) is 5.09. The summed E-state index contributed by atoms with van der Waals surface area (Å²) in [6.07, 6.45) is 3.07. The van der Waals surface area contributed by atoms with Gasteiger partial charge in [0.25, 0.3) is 0 Å². The van der Waals surface area contributed by atoms with Gasteiger partial charge in [0.15, 0.2) is 0 Å². The van der Waals surface area contributed by atoms with Crippen LogP contribution in [0.5, 0.6) is 0 Å². The van der Waals surface area contributed by atoms with Crippen molar-refractivity contribution in [3.05, 3.63) is 34.6 Å². The summed E-state index contributed by atoms with van der Waals surface area (Å²) in [4.78, 5) is 28.4. The fourth-order valence-electron chi connectivity index (χ4n) is 3.29. The number of carbonyl (C=O) groups is 2. The molecule has 24 heavy (non-hydrogen) atoms. The van der Waals surface area contributed by atoms with Gasteiger partial charge in [-0.1, -0.05) is 17.7 Å². The molecule has 1 aromatic rings. The van der Waals surface area contributed by atoms with Gasteiger partial charge in [-0.05, 0) is 38.3 Å². The number of rotatable bonds is 5. The van der Waals surface area contributed by atoms with Gasteiger partial charge in [0.1, 0.15) is 5.82 Å². The Morgan fingerprint density at radius 2 is 2.12 bits per heavy atom. The molecule has 1 saturated heterocycles. The number of piperidine rings is 1. The van der Waals surface area contributed by atoms with Gasteiger partial charge in [0, 0.05) is 42.7 Å². The van der Waals surface area contributed by atoms with E-state index in [1.54, 1.807) is 17.0 Å². The minimum Gasteiger partial charge on any atom is -0.339 e. The molecule has 4 nitrogen and oxygen atoms in total. The van der Waals surface area contributed by atoms with Gasteiger partial charge in [-0.15, -0.1) is 0 Å². The maximum atomic E-state index is 14.0. The summed E-state index contributed by atoms with van der Waals surface area (Å²) in [5, 5.41) is 0.333. The third-order valence-corrected chi connectivity index (χ3v) is 5.24. The van der Waals surface area contributed by atoms with E-state index >= 15 is 0 Å². The van der Waals surface area contributed by atoms with E-state index in [2.05, 4.69) is 0 Å². The molecule has 2 amide bonds. The minimum atomic E-state index is -0.396. The van der Waals surface area contributed by atoms with E-state index < -0.39 is 5.82 Å². The van der Waals surface area contributed by atoms with Crippen LogP contribution in [0, 0.1) is 11.7 Å². The lowest BCUT2D eigenvalue weighted by molar-refractivity contribution is -0.143. The first-order chi connectivity index (χ1) is 11.5. The Balaban J connectivity index is 1.71. The molecule has 1 aromatic carbocycles. The zero-order valence-corrected chi connectivity index (χ0v) is 14.6. The van der Waals surface area contributed by atoms with E-state index in [0.717, 1.165) is 12.8 Å². The van der Waals surface area contributed by atoms with Crippen LogP contribution in [0.15, 0.2) is 18.2 Å². The molecule has 1 aliphatic heterocycles. The van der Waals surface area contributed by atoms with Crippen molar-refractivity contribution in [1.29, 1.82) is 0 Å². The van der Waals surface area contributed by atoms with Crippen molar-refractivity contribution in [3.8, 4) is 0 Å². The van der Waals surface area contributed by atoms with Gasteiger partial charge in [-0.3, -0.25) is 9.59 Å². The largest absolute Gasteiger partial charge is 0.339 e. The van der Waals surface area contributed by atoms with Crippen molar-refractivity contribution in [1.82, 2.24) is 9.80 Å². The summed E-state index contributed by atoms with van der Waals surface area (Å²) in [5.74, 6) is -0.460. The SMILES string of the molecule is CCN(Cc1c(F)cccc1Cl)C(=O)[C@@H]1CCC(=O)N(C2CC2)C1. The van der Waals surface area contributed by atoms with Gasteiger partial charge in [0.2, 0.25) is 11.8 Å². The molecule has 0 bridgehead atoms. The van der Waals surface area contributed by atoms with Crippen molar-refractivity contribution in [2.24, 2.45) is 5.92 Å². The molecule has 6 heteroatoms. The lowest BCUT2D eigenvalue weighted by Crippen LogP contribution is -2.47. The highest BCUT2D eigenvalue weighted by molar-refractivity contribution is 6.31. The lowest BCUT2D eigenvalue weighted by Gasteiger charge is -2.35. The number of benzene rings is 1. The number of hydrogen-bond donors (Lipinski definition) is 0. The van der Waals surface area contributed by atoms with Gasteiger partial charge in [0.05, 0.1) is 5.92 Å². The Hall–Kier alpha value is -1.62. The second-order valence-corrected chi connectivity index (χ2v) is 6.97. The second-order valence-electron chi connectivity index (χ2n) is 6.57. The molecule has 1 saturated carbocycles.